The Hall–Kier alpha value is -0.0900. The molecule has 2 heterocycles. The number of rotatable bonds is 6. The molecule has 0 N–H and O–H groups in total. The number of thiophene rings is 1. The topological polar surface area (TPSA) is 70.3 Å². The lowest BCUT2D eigenvalue weighted by molar-refractivity contribution is 0.112. The summed E-state index contributed by atoms with van der Waals surface area (Å²) in [6.07, 6.45) is 1.21. The molecule has 114 valence electrons. The minimum Gasteiger partial charge on any atom is -0.352 e. The Morgan fingerprint density at radius 2 is 2.19 bits per heavy atom. The van der Waals surface area contributed by atoms with E-state index in [4.69, 9.17) is 4.52 Å². The summed E-state index contributed by atoms with van der Waals surface area (Å²) in [6.45, 7) is 1.11. The van der Waals surface area contributed by atoms with Crippen molar-refractivity contribution in [1.82, 2.24) is 9.13 Å². The molecule has 0 aliphatic carbocycles. The summed E-state index contributed by atoms with van der Waals surface area (Å²) in [4.78, 5) is 36.4. The first-order valence-electron chi connectivity index (χ1n) is 5.87. The van der Waals surface area contributed by atoms with Crippen molar-refractivity contribution < 1.29 is 9.32 Å². The van der Waals surface area contributed by atoms with Gasteiger partial charge in [-0.05, 0) is 44.4 Å². The largest absolute Gasteiger partial charge is 0.352 e. The number of fused-ring (bicyclic) bond motifs is 1. The maximum absolute atomic E-state index is 12.5. The zero-order valence-electron chi connectivity index (χ0n) is 10.9. The van der Waals surface area contributed by atoms with Gasteiger partial charge in [-0.2, -0.15) is 0 Å². The van der Waals surface area contributed by atoms with E-state index in [0.29, 0.717) is 45.3 Å². The second-order valence-electron chi connectivity index (χ2n) is 4.16. The van der Waals surface area contributed by atoms with Gasteiger partial charge in [-0.15, -0.1) is 11.3 Å². The fraction of sp³-hybridized carbons (Fsp3) is 0.364. The Morgan fingerprint density at radius 1 is 1.48 bits per heavy atom. The minimum atomic E-state index is -0.422. The number of aldehydes is 1. The molecule has 0 aliphatic heterocycles. The number of aryl methyl sites for hydroxylation is 1. The van der Waals surface area contributed by atoms with E-state index in [9.17, 15) is 14.4 Å². The van der Waals surface area contributed by atoms with Crippen molar-refractivity contribution in [3.8, 4) is 0 Å². The zero-order chi connectivity index (χ0) is 15.6. The van der Waals surface area contributed by atoms with Gasteiger partial charge in [-0.3, -0.25) is 18.7 Å². The molecule has 0 saturated carbocycles. The normalized spacial score (nSPS) is 11.8. The van der Waals surface area contributed by atoms with Crippen molar-refractivity contribution in [3.05, 3.63) is 30.2 Å². The minimum absolute atomic E-state index is 0.272. The second kappa shape index (κ2) is 7.45. The first-order chi connectivity index (χ1) is 10.0. The van der Waals surface area contributed by atoms with Crippen molar-refractivity contribution >= 4 is 72.3 Å². The smallest absolute Gasteiger partial charge is 0.331 e. The summed E-state index contributed by atoms with van der Waals surface area (Å²) in [5.74, 6) is 0. The van der Waals surface area contributed by atoms with Crippen LogP contribution in [0.15, 0.2) is 13.4 Å². The zero-order valence-corrected chi connectivity index (χ0v) is 16.5. The van der Waals surface area contributed by atoms with Crippen LogP contribution in [0, 0.1) is 0 Å². The summed E-state index contributed by atoms with van der Waals surface area (Å²) in [5, 5.41) is 0.292. The van der Waals surface area contributed by atoms with Gasteiger partial charge in [0, 0.05) is 13.6 Å². The Labute approximate surface area is 147 Å². The fourth-order valence-electron chi connectivity index (χ4n) is 1.97. The average molecular weight is 505 g/mol. The number of aromatic nitrogens is 2. The molecule has 0 aliphatic rings. The van der Waals surface area contributed by atoms with Gasteiger partial charge in [-0.25, -0.2) is 4.79 Å². The highest BCUT2D eigenvalue weighted by atomic mass is 127. The lowest BCUT2D eigenvalue weighted by atomic mass is 10.2. The van der Waals surface area contributed by atoms with E-state index >= 15 is 0 Å². The van der Waals surface area contributed by atoms with Crippen LogP contribution in [0.2, 0.25) is 0 Å². The molecule has 0 saturated heterocycles. The van der Waals surface area contributed by atoms with Crippen molar-refractivity contribution in [2.45, 2.75) is 13.0 Å². The lowest BCUT2D eigenvalue weighted by Crippen LogP contribution is -2.39. The number of halogens is 2. The third kappa shape index (κ3) is 3.31. The van der Waals surface area contributed by atoms with E-state index < -0.39 is 5.56 Å². The van der Waals surface area contributed by atoms with E-state index in [1.807, 2.05) is 0 Å². The number of hydrogen-bond donors (Lipinski definition) is 0. The van der Waals surface area contributed by atoms with E-state index in [1.165, 1.54) is 15.9 Å². The predicted octanol–water partition coefficient (Wildman–Crippen LogP) is 2.69. The lowest BCUT2D eigenvalue weighted by Gasteiger charge is -2.08. The average Bonchev–Trinajstić information content (AvgIpc) is 2.81. The summed E-state index contributed by atoms with van der Waals surface area (Å²) in [7, 11) is 1.60. The number of hydrogen-bond acceptors (Lipinski definition) is 5. The molecule has 10 heteroatoms. The monoisotopic (exact) mass is 504 g/mol. The first-order valence-corrected chi connectivity index (χ1v) is 11.5. The van der Waals surface area contributed by atoms with Crippen molar-refractivity contribution in [1.29, 1.82) is 0 Å². The van der Waals surface area contributed by atoms with Gasteiger partial charge in [0.1, 0.15) is 4.83 Å². The molecule has 6 nitrogen and oxygen atoms in total. The van der Waals surface area contributed by atoms with Crippen LogP contribution in [0.4, 0.5) is 0 Å². The van der Waals surface area contributed by atoms with Gasteiger partial charge in [0.05, 0.1) is 27.8 Å². The van der Waals surface area contributed by atoms with Crippen LogP contribution >= 0.6 is 55.8 Å². The van der Waals surface area contributed by atoms with Crippen molar-refractivity contribution in [3.63, 3.8) is 0 Å². The SMILES string of the molecule is Cn1c(=O)n(CCCOPI)c(=O)c2c(C=O)c(Br)sc21. The van der Waals surface area contributed by atoms with Crippen LogP contribution in [0.25, 0.3) is 10.2 Å². The Balaban J connectivity index is 2.59. The molecule has 0 radical (unpaired) electrons. The molecule has 21 heavy (non-hydrogen) atoms. The molecule has 0 spiro atoms. The van der Waals surface area contributed by atoms with E-state index in [-0.39, 0.29) is 12.2 Å². The Morgan fingerprint density at radius 3 is 2.81 bits per heavy atom. The standard InChI is InChI=1S/C11H11BrIN2O4PS/c1-14-10-7(6(5-16)8(12)21-10)9(17)15(11(14)18)3-2-4-19-20-13/h5,20H,2-4H2,1H3. The molecule has 0 bridgehead atoms. The van der Waals surface area contributed by atoms with E-state index in [2.05, 4.69) is 38.0 Å². The fourth-order valence-corrected chi connectivity index (χ4v) is 4.55. The van der Waals surface area contributed by atoms with Crippen LogP contribution in [0.1, 0.15) is 16.8 Å². The van der Waals surface area contributed by atoms with E-state index in [0.717, 1.165) is 4.57 Å². The van der Waals surface area contributed by atoms with Gasteiger partial charge in [0.25, 0.3) is 5.56 Å². The summed E-state index contributed by atoms with van der Waals surface area (Å²) < 4.78 is 8.36. The summed E-state index contributed by atoms with van der Waals surface area (Å²) in [5.41, 5.74) is -0.501. The number of carbonyl (C=O) groups excluding carboxylic acids is 1. The van der Waals surface area contributed by atoms with Crippen molar-refractivity contribution in [2.24, 2.45) is 7.05 Å². The quantitative estimate of drug-likeness (QED) is 0.262. The molecule has 0 fully saturated rings. The molecular weight excluding hydrogens is 494 g/mol. The Kier molecular flexibility index (Phi) is 6.13. The van der Waals surface area contributed by atoms with Crippen LogP contribution in [0.3, 0.4) is 0 Å². The van der Waals surface area contributed by atoms with Gasteiger partial charge < -0.3 is 4.52 Å². The highest BCUT2D eigenvalue weighted by molar-refractivity contribution is 14.2. The van der Waals surface area contributed by atoms with Gasteiger partial charge >= 0.3 is 5.69 Å². The summed E-state index contributed by atoms with van der Waals surface area (Å²) >= 11 is 6.59. The van der Waals surface area contributed by atoms with Gasteiger partial charge in [0.15, 0.2) is 6.29 Å². The van der Waals surface area contributed by atoms with E-state index in [1.54, 1.807) is 7.05 Å². The van der Waals surface area contributed by atoms with Gasteiger partial charge in [-0.1, -0.05) is 0 Å². The highest BCUT2D eigenvalue weighted by Crippen LogP contribution is 2.31. The highest BCUT2D eigenvalue weighted by Gasteiger charge is 2.19. The van der Waals surface area contributed by atoms with Crippen molar-refractivity contribution in [2.75, 3.05) is 6.61 Å². The maximum Gasteiger partial charge on any atom is 0.331 e. The molecule has 1 unspecified atom stereocenters. The number of carbonyl (C=O) groups is 1. The predicted molar refractivity (Wildman–Crippen MR) is 97.3 cm³/mol. The van der Waals surface area contributed by atoms with Crippen LogP contribution in [-0.4, -0.2) is 22.0 Å². The molecular formula is C11H11BrIN2O4PS. The molecule has 0 amide bonds. The van der Waals surface area contributed by atoms with Crippen LogP contribution < -0.4 is 11.2 Å². The maximum atomic E-state index is 12.5. The summed E-state index contributed by atoms with van der Waals surface area (Å²) in [6, 6.07) is 0. The molecule has 1 atom stereocenters. The van der Waals surface area contributed by atoms with Gasteiger partial charge in [0.2, 0.25) is 0 Å². The number of nitrogens with zero attached hydrogens (tertiary/aromatic N) is 2. The molecule has 2 aromatic rings. The molecule has 0 aromatic carbocycles. The van der Waals surface area contributed by atoms with Crippen LogP contribution in [0.5, 0.6) is 0 Å². The Bertz CT molecular complexity index is 800. The third-order valence-electron chi connectivity index (χ3n) is 2.96. The first kappa shape index (κ1) is 17.3. The molecule has 2 rings (SSSR count). The second-order valence-corrected chi connectivity index (χ2v) is 8.25. The third-order valence-corrected chi connectivity index (χ3v) is 6.19. The van der Waals surface area contributed by atoms with Crippen LogP contribution in [-0.2, 0) is 18.1 Å². The molecule has 2 aromatic heterocycles.